The zero-order valence-electron chi connectivity index (χ0n) is 18.3. The third kappa shape index (κ3) is 4.30. The van der Waals surface area contributed by atoms with Gasteiger partial charge in [-0.15, -0.1) is 0 Å². The number of hydrogen-bond acceptors (Lipinski definition) is 7. The maximum Gasteiger partial charge on any atom is 0.274 e. The van der Waals surface area contributed by atoms with Gasteiger partial charge < -0.3 is 23.8 Å². The topological polar surface area (TPSA) is 83.0 Å². The fraction of sp³-hybridized carbons (Fsp3) is 0.292. The van der Waals surface area contributed by atoms with E-state index in [1.807, 2.05) is 36.4 Å². The van der Waals surface area contributed by atoms with Crippen LogP contribution in [-0.2, 0) is 6.42 Å². The van der Waals surface area contributed by atoms with Crippen LogP contribution >= 0.6 is 0 Å². The van der Waals surface area contributed by atoms with Gasteiger partial charge >= 0.3 is 0 Å². The monoisotopic (exact) mass is 435 g/mol. The van der Waals surface area contributed by atoms with E-state index < -0.39 is 0 Å². The Morgan fingerprint density at radius 3 is 2.38 bits per heavy atom. The molecule has 4 rings (SSSR count). The normalized spacial score (nSPS) is 15.0. The number of carbonyl (C=O) groups excluding carboxylic acids is 1. The predicted octanol–water partition coefficient (Wildman–Crippen LogP) is 3.32. The molecule has 1 amide bonds. The minimum atomic E-state index is -0.338. The summed E-state index contributed by atoms with van der Waals surface area (Å²) in [6.45, 7) is 0.787. The minimum Gasteiger partial charge on any atom is -0.497 e. The van der Waals surface area contributed by atoms with Crippen LogP contribution in [-0.4, -0.2) is 55.3 Å². The van der Waals surface area contributed by atoms with Crippen LogP contribution in [0.2, 0.25) is 0 Å². The number of ether oxygens (including phenoxy) is 4. The quantitative estimate of drug-likeness (QED) is 0.563. The van der Waals surface area contributed by atoms with Crippen LogP contribution in [0.3, 0.4) is 0 Å². The van der Waals surface area contributed by atoms with Crippen molar-refractivity contribution < 1.29 is 23.7 Å². The van der Waals surface area contributed by atoms with Gasteiger partial charge in [-0.05, 0) is 53.9 Å². The highest BCUT2D eigenvalue weighted by molar-refractivity contribution is 5.92. The van der Waals surface area contributed by atoms with Gasteiger partial charge in [0.2, 0.25) is 0 Å². The number of benzene rings is 2. The third-order valence-electron chi connectivity index (χ3n) is 5.51. The highest BCUT2D eigenvalue weighted by atomic mass is 16.5. The number of carbonyl (C=O) groups is 1. The van der Waals surface area contributed by atoms with E-state index in [0.29, 0.717) is 35.9 Å². The summed E-state index contributed by atoms with van der Waals surface area (Å²) in [6.07, 6.45) is 5.22. The average molecular weight is 435 g/mol. The molecule has 32 heavy (non-hydrogen) atoms. The molecule has 0 saturated heterocycles. The zero-order valence-corrected chi connectivity index (χ0v) is 18.3. The predicted molar refractivity (Wildman–Crippen MR) is 118 cm³/mol. The van der Waals surface area contributed by atoms with Gasteiger partial charge in [0, 0.05) is 18.9 Å². The van der Waals surface area contributed by atoms with Gasteiger partial charge in [-0.3, -0.25) is 9.78 Å². The summed E-state index contributed by atoms with van der Waals surface area (Å²) < 4.78 is 22.3. The molecule has 0 saturated carbocycles. The van der Waals surface area contributed by atoms with Crippen LogP contribution in [0.1, 0.15) is 27.7 Å². The number of amides is 1. The molecule has 0 bridgehead atoms. The summed E-state index contributed by atoms with van der Waals surface area (Å²) in [5.41, 5.74) is 2.35. The lowest BCUT2D eigenvalue weighted by atomic mass is 9.91. The Morgan fingerprint density at radius 1 is 1.00 bits per heavy atom. The first kappa shape index (κ1) is 21.4. The zero-order chi connectivity index (χ0) is 22.5. The summed E-state index contributed by atoms with van der Waals surface area (Å²) in [5, 5.41) is 0. The molecular weight excluding hydrogens is 410 g/mol. The number of hydrogen-bond donors (Lipinski definition) is 0. The molecule has 8 heteroatoms. The van der Waals surface area contributed by atoms with E-state index in [0.717, 1.165) is 16.9 Å². The highest BCUT2D eigenvalue weighted by Crippen LogP contribution is 2.39. The van der Waals surface area contributed by atoms with Gasteiger partial charge in [-0.1, -0.05) is 0 Å². The fourth-order valence-corrected chi connectivity index (χ4v) is 3.85. The smallest absolute Gasteiger partial charge is 0.274 e. The first-order valence-corrected chi connectivity index (χ1v) is 10.2. The third-order valence-corrected chi connectivity index (χ3v) is 5.51. The SMILES string of the molecule is COc1ccc(OCC2c3cc(OC)c(OC)cc3CCN2C(=O)c2cnccn2)cc1. The van der Waals surface area contributed by atoms with Crippen LogP contribution in [0, 0.1) is 0 Å². The highest BCUT2D eigenvalue weighted by Gasteiger charge is 2.34. The lowest BCUT2D eigenvalue weighted by Crippen LogP contribution is -2.43. The Balaban J connectivity index is 1.68. The Morgan fingerprint density at radius 2 is 1.72 bits per heavy atom. The van der Waals surface area contributed by atoms with Crippen molar-refractivity contribution >= 4 is 5.91 Å². The van der Waals surface area contributed by atoms with Crippen molar-refractivity contribution in [3.63, 3.8) is 0 Å². The molecular formula is C24H25N3O5. The second-order valence-electron chi connectivity index (χ2n) is 7.25. The van der Waals surface area contributed by atoms with Crippen LogP contribution in [0.5, 0.6) is 23.0 Å². The minimum absolute atomic E-state index is 0.193. The lowest BCUT2D eigenvalue weighted by Gasteiger charge is -2.37. The molecule has 0 radical (unpaired) electrons. The Kier molecular flexibility index (Phi) is 6.39. The molecule has 8 nitrogen and oxygen atoms in total. The molecule has 1 atom stereocenters. The summed E-state index contributed by atoms with van der Waals surface area (Å²) in [4.78, 5) is 23.3. The molecule has 1 unspecified atom stereocenters. The van der Waals surface area contributed by atoms with Gasteiger partial charge in [0.15, 0.2) is 11.5 Å². The number of methoxy groups -OCH3 is 3. The van der Waals surface area contributed by atoms with Gasteiger partial charge in [-0.25, -0.2) is 4.98 Å². The largest absolute Gasteiger partial charge is 0.497 e. The molecule has 2 heterocycles. The lowest BCUT2D eigenvalue weighted by molar-refractivity contribution is 0.0583. The summed E-state index contributed by atoms with van der Waals surface area (Å²) in [7, 11) is 4.83. The van der Waals surface area contributed by atoms with Gasteiger partial charge in [-0.2, -0.15) is 0 Å². The average Bonchev–Trinajstić information content (AvgIpc) is 2.86. The van der Waals surface area contributed by atoms with Crippen molar-refractivity contribution in [1.82, 2.24) is 14.9 Å². The summed E-state index contributed by atoms with van der Waals surface area (Å²) in [5.74, 6) is 2.51. The molecule has 166 valence electrons. The second kappa shape index (κ2) is 9.55. The molecule has 2 aromatic carbocycles. The van der Waals surface area contributed by atoms with Crippen LogP contribution in [0.25, 0.3) is 0 Å². The van der Waals surface area contributed by atoms with E-state index in [9.17, 15) is 4.79 Å². The van der Waals surface area contributed by atoms with Crippen molar-refractivity contribution in [2.24, 2.45) is 0 Å². The molecule has 0 N–H and O–H groups in total. The molecule has 3 aromatic rings. The van der Waals surface area contributed by atoms with Gasteiger partial charge in [0.05, 0.1) is 33.6 Å². The molecule has 1 aliphatic rings. The molecule has 1 aromatic heterocycles. The van der Waals surface area contributed by atoms with E-state index >= 15 is 0 Å². The summed E-state index contributed by atoms with van der Waals surface area (Å²) >= 11 is 0. The van der Waals surface area contributed by atoms with E-state index in [1.54, 1.807) is 32.4 Å². The Labute approximate surface area is 186 Å². The van der Waals surface area contributed by atoms with Crippen molar-refractivity contribution in [1.29, 1.82) is 0 Å². The Hall–Kier alpha value is -3.81. The van der Waals surface area contributed by atoms with Crippen molar-refractivity contribution in [2.75, 3.05) is 34.5 Å². The maximum absolute atomic E-state index is 13.3. The van der Waals surface area contributed by atoms with Crippen LogP contribution in [0.4, 0.5) is 0 Å². The van der Waals surface area contributed by atoms with E-state index in [2.05, 4.69) is 9.97 Å². The van der Waals surface area contributed by atoms with E-state index in [1.165, 1.54) is 12.4 Å². The maximum atomic E-state index is 13.3. The van der Waals surface area contributed by atoms with Crippen LogP contribution in [0.15, 0.2) is 55.0 Å². The number of aromatic nitrogens is 2. The number of rotatable bonds is 7. The van der Waals surface area contributed by atoms with E-state index in [4.69, 9.17) is 18.9 Å². The van der Waals surface area contributed by atoms with Gasteiger partial charge in [0.25, 0.3) is 5.91 Å². The molecule has 0 spiro atoms. The fourth-order valence-electron chi connectivity index (χ4n) is 3.85. The molecule has 0 aliphatic carbocycles. The van der Waals surface area contributed by atoms with Crippen molar-refractivity contribution in [3.8, 4) is 23.0 Å². The van der Waals surface area contributed by atoms with Gasteiger partial charge in [0.1, 0.15) is 23.8 Å². The first-order valence-electron chi connectivity index (χ1n) is 10.2. The van der Waals surface area contributed by atoms with Crippen LogP contribution < -0.4 is 18.9 Å². The second-order valence-corrected chi connectivity index (χ2v) is 7.25. The Bertz CT molecular complexity index is 1070. The number of fused-ring (bicyclic) bond motifs is 1. The summed E-state index contributed by atoms with van der Waals surface area (Å²) in [6, 6.07) is 10.9. The molecule has 0 fully saturated rings. The van der Waals surface area contributed by atoms with Crippen molar-refractivity contribution in [2.45, 2.75) is 12.5 Å². The molecule has 1 aliphatic heterocycles. The van der Waals surface area contributed by atoms with E-state index in [-0.39, 0.29) is 18.6 Å². The van der Waals surface area contributed by atoms with Crippen molar-refractivity contribution in [3.05, 3.63) is 71.8 Å². The number of nitrogens with zero attached hydrogens (tertiary/aromatic N) is 3. The first-order chi connectivity index (χ1) is 15.6. The standard InChI is InChI=1S/C24H25N3O5/c1-29-17-4-6-18(7-5-17)32-15-21-19-13-23(31-3)22(30-2)12-16(19)8-11-27(21)24(28)20-14-25-9-10-26-20/h4-7,9-10,12-14,21H,8,11,15H2,1-3H3.